The second-order valence-electron chi connectivity index (χ2n) is 6.95. The number of rotatable bonds is 5. The van der Waals surface area contributed by atoms with Gasteiger partial charge in [-0.15, -0.1) is 11.8 Å². The van der Waals surface area contributed by atoms with Crippen molar-refractivity contribution in [3.8, 4) is 0 Å². The number of thioether (sulfide) groups is 1. The molecular weight excluding hydrogens is 392 g/mol. The number of aryl methyl sites for hydroxylation is 1. The molecule has 0 saturated carbocycles. The van der Waals surface area contributed by atoms with Gasteiger partial charge in [0.1, 0.15) is 0 Å². The van der Waals surface area contributed by atoms with E-state index in [-0.39, 0.29) is 10.8 Å². The summed E-state index contributed by atoms with van der Waals surface area (Å²) >= 11 is 1.55. The van der Waals surface area contributed by atoms with Crippen LogP contribution in [0.2, 0.25) is 0 Å². The van der Waals surface area contributed by atoms with Gasteiger partial charge in [-0.25, -0.2) is 8.42 Å². The molecule has 0 unspecified atom stereocenters. The molecule has 1 N–H and O–H groups in total. The Hall–Kier alpha value is -1.83. The highest BCUT2D eigenvalue weighted by Gasteiger charge is 2.26. The molecule has 1 amide bonds. The highest BCUT2D eigenvalue weighted by molar-refractivity contribution is 7.98. The van der Waals surface area contributed by atoms with Gasteiger partial charge >= 0.3 is 0 Å². The summed E-state index contributed by atoms with van der Waals surface area (Å²) in [5.74, 6) is -0.299. The van der Waals surface area contributed by atoms with Crippen LogP contribution >= 0.6 is 11.8 Å². The Morgan fingerprint density at radius 1 is 1.04 bits per heavy atom. The van der Waals surface area contributed by atoms with Crippen molar-refractivity contribution in [3.05, 3.63) is 53.6 Å². The Balaban J connectivity index is 1.89. The first-order valence-electron chi connectivity index (χ1n) is 9.48. The SMILES string of the molecule is CSc1ccccc1NC(=O)c1cc(S(=O)(=O)N2CCCCCC2)ccc1C. The number of nitrogens with zero attached hydrogens (tertiary/aromatic N) is 1. The lowest BCUT2D eigenvalue weighted by Crippen LogP contribution is -2.32. The Bertz CT molecular complexity index is 950. The zero-order valence-electron chi connectivity index (χ0n) is 16.3. The number of carbonyl (C=O) groups is 1. The van der Waals surface area contributed by atoms with Crippen LogP contribution in [0.15, 0.2) is 52.3 Å². The number of para-hydroxylation sites is 1. The molecule has 28 heavy (non-hydrogen) atoms. The number of nitrogens with one attached hydrogen (secondary N) is 1. The topological polar surface area (TPSA) is 66.5 Å². The largest absolute Gasteiger partial charge is 0.321 e. The second-order valence-corrected chi connectivity index (χ2v) is 9.74. The summed E-state index contributed by atoms with van der Waals surface area (Å²) in [6.45, 7) is 2.90. The molecule has 3 rings (SSSR count). The zero-order chi connectivity index (χ0) is 20.1. The minimum atomic E-state index is -3.59. The van der Waals surface area contributed by atoms with Crippen molar-refractivity contribution in [2.75, 3.05) is 24.7 Å². The first kappa shape index (κ1) is 20.9. The molecule has 1 fully saturated rings. The third-order valence-electron chi connectivity index (χ3n) is 5.01. The van der Waals surface area contributed by atoms with Gasteiger partial charge in [-0.05, 0) is 55.9 Å². The Kier molecular flexibility index (Phi) is 6.80. The van der Waals surface area contributed by atoms with Crippen LogP contribution in [0.1, 0.15) is 41.6 Å². The molecule has 2 aromatic rings. The number of anilines is 1. The molecule has 0 radical (unpaired) electrons. The fourth-order valence-electron chi connectivity index (χ4n) is 3.37. The lowest BCUT2D eigenvalue weighted by atomic mass is 10.1. The minimum Gasteiger partial charge on any atom is -0.321 e. The molecule has 0 spiro atoms. The number of benzene rings is 2. The molecule has 7 heteroatoms. The van der Waals surface area contributed by atoms with E-state index in [4.69, 9.17) is 0 Å². The van der Waals surface area contributed by atoms with E-state index in [9.17, 15) is 13.2 Å². The molecule has 150 valence electrons. The van der Waals surface area contributed by atoms with Gasteiger partial charge < -0.3 is 5.32 Å². The average Bonchev–Trinajstić information content (AvgIpc) is 2.98. The van der Waals surface area contributed by atoms with E-state index in [1.54, 1.807) is 28.2 Å². The summed E-state index contributed by atoms with van der Waals surface area (Å²) < 4.78 is 27.7. The van der Waals surface area contributed by atoms with Crippen LogP contribution in [0.4, 0.5) is 5.69 Å². The van der Waals surface area contributed by atoms with E-state index in [2.05, 4.69) is 5.32 Å². The smallest absolute Gasteiger partial charge is 0.256 e. The number of sulfonamides is 1. The van der Waals surface area contributed by atoms with Crippen molar-refractivity contribution in [1.82, 2.24) is 4.31 Å². The van der Waals surface area contributed by atoms with Crippen LogP contribution in [0.25, 0.3) is 0 Å². The first-order chi connectivity index (χ1) is 13.4. The molecule has 5 nitrogen and oxygen atoms in total. The first-order valence-corrected chi connectivity index (χ1v) is 12.1. The van der Waals surface area contributed by atoms with Crippen LogP contribution in [-0.4, -0.2) is 38.0 Å². The van der Waals surface area contributed by atoms with E-state index in [1.807, 2.05) is 37.4 Å². The highest BCUT2D eigenvalue weighted by Crippen LogP contribution is 2.27. The predicted octanol–water partition coefficient (Wildman–Crippen LogP) is 4.53. The lowest BCUT2D eigenvalue weighted by molar-refractivity contribution is 0.102. The van der Waals surface area contributed by atoms with E-state index in [0.717, 1.165) is 41.8 Å². The summed E-state index contributed by atoms with van der Waals surface area (Å²) in [5, 5.41) is 2.92. The molecule has 1 aliphatic heterocycles. The fraction of sp³-hybridized carbons (Fsp3) is 0.381. The van der Waals surface area contributed by atoms with Crippen LogP contribution in [0.5, 0.6) is 0 Å². The average molecular weight is 419 g/mol. The van der Waals surface area contributed by atoms with Crippen molar-refractivity contribution in [1.29, 1.82) is 0 Å². The Labute approximate surface area is 171 Å². The molecule has 1 saturated heterocycles. The van der Waals surface area contributed by atoms with E-state index in [0.29, 0.717) is 18.7 Å². The molecular formula is C21H26N2O3S2. The van der Waals surface area contributed by atoms with Gasteiger partial charge in [-0.2, -0.15) is 4.31 Å². The molecule has 0 bridgehead atoms. The minimum absolute atomic E-state index is 0.184. The summed E-state index contributed by atoms with van der Waals surface area (Å²) in [4.78, 5) is 14.0. The van der Waals surface area contributed by atoms with Crippen LogP contribution in [0.3, 0.4) is 0 Å². The van der Waals surface area contributed by atoms with Crippen molar-refractivity contribution >= 4 is 33.4 Å². The summed E-state index contributed by atoms with van der Waals surface area (Å²) in [7, 11) is -3.59. The van der Waals surface area contributed by atoms with Gasteiger partial charge in [-0.3, -0.25) is 4.79 Å². The maximum atomic E-state index is 13.1. The van der Waals surface area contributed by atoms with E-state index in [1.165, 1.54) is 6.07 Å². The molecule has 0 aliphatic carbocycles. The number of hydrogen-bond donors (Lipinski definition) is 1. The normalized spacial score (nSPS) is 15.8. The Morgan fingerprint density at radius 3 is 2.39 bits per heavy atom. The maximum Gasteiger partial charge on any atom is 0.256 e. The van der Waals surface area contributed by atoms with Gasteiger partial charge in [0.2, 0.25) is 10.0 Å². The number of carbonyl (C=O) groups excluding carboxylic acids is 1. The van der Waals surface area contributed by atoms with Gasteiger partial charge in [0.25, 0.3) is 5.91 Å². The van der Waals surface area contributed by atoms with Gasteiger partial charge in [0.05, 0.1) is 10.6 Å². The van der Waals surface area contributed by atoms with Crippen LogP contribution in [-0.2, 0) is 10.0 Å². The zero-order valence-corrected chi connectivity index (χ0v) is 17.9. The monoisotopic (exact) mass is 418 g/mol. The van der Waals surface area contributed by atoms with E-state index >= 15 is 0 Å². The molecule has 0 aromatic heterocycles. The lowest BCUT2D eigenvalue weighted by Gasteiger charge is -2.20. The predicted molar refractivity (Wildman–Crippen MR) is 115 cm³/mol. The van der Waals surface area contributed by atoms with Crippen molar-refractivity contribution < 1.29 is 13.2 Å². The Morgan fingerprint density at radius 2 is 1.71 bits per heavy atom. The second kappa shape index (κ2) is 9.11. The summed E-state index contributed by atoms with van der Waals surface area (Å²) in [6.07, 6.45) is 5.82. The van der Waals surface area contributed by atoms with Gasteiger partial charge in [0.15, 0.2) is 0 Å². The molecule has 1 aliphatic rings. The van der Waals surface area contributed by atoms with Gasteiger partial charge in [-0.1, -0.05) is 31.0 Å². The summed E-state index contributed by atoms with van der Waals surface area (Å²) in [6, 6.07) is 12.4. The van der Waals surface area contributed by atoms with Crippen molar-refractivity contribution in [3.63, 3.8) is 0 Å². The number of amides is 1. The standard InChI is InChI=1S/C21H26N2O3S2/c1-16-11-12-17(28(25,26)23-13-7-3-4-8-14-23)15-18(16)21(24)22-19-9-5-6-10-20(19)27-2/h5-6,9-12,15H,3-4,7-8,13-14H2,1-2H3,(H,22,24). The number of hydrogen-bond acceptors (Lipinski definition) is 4. The van der Waals surface area contributed by atoms with Crippen LogP contribution in [0, 0.1) is 6.92 Å². The highest BCUT2D eigenvalue weighted by atomic mass is 32.2. The van der Waals surface area contributed by atoms with E-state index < -0.39 is 10.0 Å². The molecule has 1 heterocycles. The van der Waals surface area contributed by atoms with Crippen LogP contribution < -0.4 is 5.32 Å². The van der Waals surface area contributed by atoms with Crippen molar-refractivity contribution in [2.24, 2.45) is 0 Å². The third kappa shape index (κ3) is 4.59. The summed E-state index contributed by atoms with van der Waals surface area (Å²) in [5.41, 5.74) is 1.85. The van der Waals surface area contributed by atoms with Crippen molar-refractivity contribution in [2.45, 2.75) is 42.4 Å². The molecule has 2 aromatic carbocycles. The van der Waals surface area contributed by atoms with Gasteiger partial charge in [0, 0.05) is 23.5 Å². The maximum absolute atomic E-state index is 13.1. The quantitative estimate of drug-likeness (QED) is 0.724. The fourth-order valence-corrected chi connectivity index (χ4v) is 5.47. The third-order valence-corrected chi connectivity index (χ3v) is 7.70. The molecule has 0 atom stereocenters.